The van der Waals surface area contributed by atoms with Crippen molar-refractivity contribution in [3.05, 3.63) is 62.5 Å². The van der Waals surface area contributed by atoms with Gasteiger partial charge in [-0.15, -0.1) is 0 Å². The van der Waals surface area contributed by atoms with Crippen LogP contribution in [-0.2, 0) is 13.1 Å². The number of nitrogens with zero attached hydrogens (tertiary/aromatic N) is 1. The van der Waals surface area contributed by atoms with Crippen molar-refractivity contribution in [3.8, 4) is 0 Å². The zero-order chi connectivity index (χ0) is 13.0. The van der Waals surface area contributed by atoms with Gasteiger partial charge in [0.2, 0.25) is 0 Å². The van der Waals surface area contributed by atoms with E-state index >= 15 is 0 Å². The first-order valence-electron chi connectivity index (χ1n) is 5.63. The van der Waals surface area contributed by atoms with Crippen molar-refractivity contribution < 1.29 is 4.92 Å². The predicted octanol–water partition coefficient (Wildman–Crippen LogP) is 3.25. The lowest BCUT2D eigenvalue weighted by Gasteiger charge is -2.03. The smallest absolute Gasteiger partial charge is 0.309 e. The van der Waals surface area contributed by atoms with E-state index in [1.165, 1.54) is 22.5 Å². The summed E-state index contributed by atoms with van der Waals surface area (Å²) in [6.07, 6.45) is 0. The molecule has 0 fully saturated rings. The molecule has 0 amide bonds. The Labute approximate surface area is 109 Å². The van der Waals surface area contributed by atoms with Gasteiger partial charge in [-0.2, -0.15) is 0 Å². The van der Waals surface area contributed by atoms with Crippen LogP contribution in [0.1, 0.15) is 16.7 Å². The van der Waals surface area contributed by atoms with Gasteiger partial charge in [-0.05, 0) is 18.1 Å². The molecule has 2 aromatic rings. The lowest BCUT2D eigenvalue weighted by molar-refractivity contribution is -0.380. The van der Waals surface area contributed by atoms with Crippen molar-refractivity contribution in [2.75, 3.05) is 0 Å². The van der Waals surface area contributed by atoms with Crippen LogP contribution in [0.15, 0.2) is 35.7 Å². The van der Waals surface area contributed by atoms with Crippen LogP contribution in [0, 0.1) is 17.0 Å². The van der Waals surface area contributed by atoms with E-state index in [1.54, 1.807) is 6.07 Å². The second-order valence-electron chi connectivity index (χ2n) is 4.14. The van der Waals surface area contributed by atoms with Crippen LogP contribution in [0.3, 0.4) is 0 Å². The number of aryl methyl sites for hydroxylation is 1. The number of nitro groups is 1. The van der Waals surface area contributed by atoms with Crippen LogP contribution in [0.25, 0.3) is 0 Å². The molecule has 1 N–H and O–H groups in total. The number of nitrogens with one attached hydrogen (secondary N) is 1. The van der Waals surface area contributed by atoms with Gasteiger partial charge in [0.1, 0.15) is 0 Å². The molecule has 1 aromatic heterocycles. The fraction of sp³-hybridized carbons (Fsp3) is 0.231. The quantitative estimate of drug-likeness (QED) is 0.664. The van der Waals surface area contributed by atoms with Gasteiger partial charge in [0, 0.05) is 24.5 Å². The summed E-state index contributed by atoms with van der Waals surface area (Å²) in [5.74, 6) is 0. The minimum Gasteiger partial charge on any atom is -0.309 e. The number of hydrogen-bond donors (Lipinski definition) is 1. The maximum Gasteiger partial charge on any atom is 0.324 e. The highest BCUT2D eigenvalue weighted by Gasteiger charge is 2.08. The highest BCUT2D eigenvalue weighted by Crippen LogP contribution is 2.22. The lowest BCUT2D eigenvalue weighted by Crippen LogP contribution is -2.11. The van der Waals surface area contributed by atoms with Gasteiger partial charge in [0.25, 0.3) is 0 Å². The SMILES string of the molecule is Cc1ccc(CNCc2csc([N+](=O)[O-])c2)cc1. The zero-order valence-corrected chi connectivity index (χ0v) is 10.9. The van der Waals surface area contributed by atoms with E-state index in [-0.39, 0.29) is 9.92 Å². The molecule has 0 aliphatic carbocycles. The van der Waals surface area contributed by atoms with Gasteiger partial charge in [-0.3, -0.25) is 10.1 Å². The summed E-state index contributed by atoms with van der Waals surface area (Å²) in [6, 6.07) is 9.93. The molecule has 1 heterocycles. The molecule has 18 heavy (non-hydrogen) atoms. The monoisotopic (exact) mass is 262 g/mol. The summed E-state index contributed by atoms with van der Waals surface area (Å²) in [7, 11) is 0. The zero-order valence-electron chi connectivity index (χ0n) is 10.1. The first kappa shape index (κ1) is 12.7. The van der Waals surface area contributed by atoms with Crippen molar-refractivity contribution in [1.82, 2.24) is 5.32 Å². The van der Waals surface area contributed by atoms with Crippen LogP contribution >= 0.6 is 11.3 Å². The van der Waals surface area contributed by atoms with Crippen molar-refractivity contribution in [2.45, 2.75) is 20.0 Å². The fourth-order valence-electron chi connectivity index (χ4n) is 1.61. The molecule has 0 saturated carbocycles. The highest BCUT2D eigenvalue weighted by molar-refractivity contribution is 7.13. The summed E-state index contributed by atoms with van der Waals surface area (Å²) in [4.78, 5) is 10.2. The molecule has 0 atom stereocenters. The molecule has 0 spiro atoms. The van der Waals surface area contributed by atoms with E-state index in [2.05, 4.69) is 36.5 Å². The minimum absolute atomic E-state index is 0.196. The fourth-order valence-corrected chi connectivity index (χ4v) is 2.34. The summed E-state index contributed by atoms with van der Waals surface area (Å²) >= 11 is 1.17. The van der Waals surface area contributed by atoms with Gasteiger partial charge in [-0.25, -0.2) is 0 Å². The third-order valence-corrected chi connectivity index (χ3v) is 3.53. The molecule has 1 aromatic carbocycles. The average Bonchev–Trinajstić information content (AvgIpc) is 2.81. The lowest BCUT2D eigenvalue weighted by atomic mass is 10.1. The number of benzene rings is 1. The molecule has 0 unspecified atom stereocenters. The van der Waals surface area contributed by atoms with E-state index in [4.69, 9.17) is 0 Å². The third-order valence-electron chi connectivity index (χ3n) is 2.60. The van der Waals surface area contributed by atoms with E-state index < -0.39 is 0 Å². The molecular weight excluding hydrogens is 248 g/mol. The Kier molecular flexibility index (Phi) is 4.07. The summed E-state index contributed by atoms with van der Waals surface area (Å²) in [5.41, 5.74) is 3.41. The number of rotatable bonds is 5. The highest BCUT2D eigenvalue weighted by atomic mass is 32.1. The predicted molar refractivity (Wildman–Crippen MR) is 72.7 cm³/mol. The Hall–Kier alpha value is -1.72. The third kappa shape index (κ3) is 3.38. The first-order valence-corrected chi connectivity index (χ1v) is 6.51. The second kappa shape index (κ2) is 5.75. The standard InChI is InChI=1S/C13H14N2O2S/c1-10-2-4-11(5-3-10)7-14-8-12-6-13(15(16)17)18-9-12/h2-6,9,14H,7-8H2,1H3. The Balaban J connectivity index is 1.84. The molecule has 0 bridgehead atoms. The second-order valence-corrected chi connectivity index (χ2v) is 5.03. The van der Waals surface area contributed by atoms with Gasteiger partial charge in [0.15, 0.2) is 0 Å². The van der Waals surface area contributed by atoms with Crippen LogP contribution in [0.2, 0.25) is 0 Å². The van der Waals surface area contributed by atoms with Crippen LogP contribution in [0.5, 0.6) is 0 Å². The van der Waals surface area contributed by atoms with Gasteiger partial charge in [0.05, 0.1) is 4.92 Å². The van der Waals surface area contributed by atoms with Crippen molar-refractivity contribution >= 4 is 16.3 Å². The van der Waals surface area contributed by atoms with Gasteiger partial charge in [-0.1, -0.05) is 41.2 Å². The molecule has 2 rings (SSSR count). The molecule has 0 aliphatic rings. The van der Waals surface area contributed by atoms with Crippen molar-refractivity contribution in [3.63, 3.8) is 0 Å². The van der Waals surface area contributed by atoms with Crippen molar-refractivity contribution in [2.24, 2.45) is 0 Å². The van der Waals surface area contributed by atoms with E-state index in [0.29, 0.717) is 6.54 Å². The maximum absolute atomic E-state index is 10.5. The molecule has 4 nitrogen and oxygen atoms in total. The molecular formula is C13H14N2O2S. The van der Waals surface area contributed by atoms with Crippen molar-refractivity contribution in [1.29, 1.82) is 0 Å². The number of thiophene rings is 1. The van der Waals surface area contributed by atoms with Crippen LogP contribution in [-0.4, -0.2) is 4.92 Å². The van der Waals surface area contributed by atoms with Gasteiger partial charge < -0.3 is 5.32 Å². The Bertz CT molecular complexity index is 534. The summed E-state index contributed by atoms with van der Waals surface area (Å²) < 4.78 is 0. The topological polar surface area (TPSA) is 55.2 Å². The first-order chi connectivity index (χ1) is 8.65. The maximum atomic E-state index is 10.5. The number of hydrogen-bond acceptors (Lipinski definition) is 4. The average molecular weight is 262 g/mol. The van der Waals surface area contributed by atoms with Gasteiger partial charge >= 0.3 is 5.00 Å². The van der Waals surface area contributed by atoms with Crippen LogP contribution in [0.4, 0.5) is 5.00 Å². The molecule has 0 radical (unpaired) electrons. The van der Waals surface area contributed by atoms with E-state index in [1.807, 2.05) is 5.38 Å². The Morgan fingerprint density at radius 3 is 2.50 bits per heavy atom. The minimum atomic E-state index is -0.353. The molecule has 94 valence electrons. The largest absolute Gasteiger partial charge is 0.324 e. The normalized spacial score (nSPS) is 10.5. The van der Waals surface area contributed by atoms with E-state index in [0.717, 1.165) is 12.1 Å². The molecule has 5 heteroatoms. The summed E-state index contributed by atoms with van der Waals surface area (Å²) in [5, 5.41) is 15.8. The summed E-state index contributed by atoms with van der Waals surface area (Å²) in [6.45, 7) is 3.48. The Morgan fingerprint density at radius 1 is 1.22 bits per heavy atom. The molecule has 0 saturated heterocycles. The van der Waals surface area contributed by atoms with Crippen LogP contribution < -0.4 is 5.32 Å². The Morgan fingerprint density at radius 2 is 1.89 bits per heavy atom. The van der Waals surface area contributed by atoms with E-state index in [9.17, 15) is 10.1 Å². The molecule has 0 aliphatic heterocycles.